The molecule has 9 nitrogen and oxygen atoms in total. The number of phosphoric ester groups is 1. The summed E-state index contributed by atoms with van der Waals surface area (Å²) in [6.45, 7) is 3.70. The van der Waals surface area contributed by atoms with Gasteiger partial charge in [0, 0.05) is 19.4 Å². The number of hydrogen-bond donors (Lipinski definition) is 2. The second-order valence-corrected chi connectivity index (χ2v) is 16.7. The summed E-state index contributed by atoms with van der Waals surface area (Å²) in [5, 5.41) is 0. The van der Waals surface area contributed by atoms with Gasteiger partial charge in [-0.15, -0.1) is 0 Å². The Labute approximate surface area is 344 Å². The largest absolute Gasteiger partial charge is 0.472 e. The quantitative estimate of drug-likeness (QED) is 0.0267. The molecule has 0 aliphatic rings. The Kier molecular flexibility index (Phi) is 41.5. The molecule has 0 aliphatic heterocycles. The van der Waals surface area contributed by atoms with E-state index in [4.69, 9.17) is 24.3 Å². The van der Waals surface area contributed by atoms with Crippen LogP contribution in [0.15, 0.2) is 36.5 Å². The van der Waals surface area contributed by atoms with E-state index in [2.05, 4.69) is 50.3 Å². The summed E-state index contributed by atoms with van der Waals surface area (Å²) in [5.74, 6) is -0.847. The smallest absolute Gasteiger partial charge is 0.462 e. The fourth-order valence-electron chi connectivity index (χ4n) is 6.35. The number of phosphoric acid groups is 1. The maximum atomic E-state index is 12.6. The molecule has 10 heteroatoms. The van der Waals surface area contributed by atoms with Gasteiger partial charge in [0.1, 0.15) is 6.61 Å². The fraction of sp³-hybridized carbons (Fsp3) is 0.826. The Bertz CT molecular complexity index is 1020. The van der Waals surface area contributed by atoms with Crippen LogP contribution < -0.4 is 5.73 Å². The van der Waals surface area contributed by atoms with E-state index in [9.17, 15) is 19.0 Å². The molecule has 0 radical (unpaired) electrons. The van der Waals surface area contributed by atoms with E-state index in [-0.39, 0.29) is 32.6 Å². The molecule has 0 aromatic rings. The zero-order valence-corrected chi connectivity index (χ0v) is 37.0. The van der Waals surface area contributed by atoms with E-state index in [0.717, 1.165) is 51.4 Å². The molecule has 0 heterocycles. The highest BCUT2D eigenvalue weighted by atomic mass is 31.2. The van der Waals surface area contributed by atoms with Gasteiger partial charge in [0.05, 0.1) is 13.2 Å². The highest BCUT2D eigenvalue weighted by Crippen LogP contribution is 2.43. The van der Waals surface area contributed by atoms with Gasteiger partial charge >= 0.3 is 19.8 Å². The van der Waals surface area contributed by atoms with Crippen molar-refractivity contribution in [1.29, 1.82) is 0 Å². The van der Waals surface area contributed by atoms with Crippen LogP contribution in [0.5, 0.6) is 0 Å². The van der Waals surface area contributed by atoms with E-state index in [1.807, 2.05) is 0 Å². The van der Waals surface area contributed by atoms with Crippen LogP contribution in [0.3, 0.4) is 0 Å². The first-order valence-corrected chi connectivity index (χ1v) is 24.5. The lowest BCUT2D eigenvalue weighted by molar-refractivity contribution is -0.161. The van der Waals surface area contributed by atoms with E-state index in [1.165, 1.54) is 122 Å². The topological polar surface area (TPSA) is 134 Å². The summed E-state index contributed by atoms with van der Waals surface area (Å²) in [6.07, 6.45) is 47.4. The average Bonchev–Trinajstić information content (AvgIpc) is 3.18. The molecule has 0 amide bonds. The second-order valence-electron chi connectivity index (χ2n) is 15.3. The van der Waals surface area contributed by atoms with Crippen LogP contribution in [0.25, 0.3) is 0 Å². The lowest BCUT2D eigenvalue weighted by atomic mass is 10.0. The first-order chi connectivity index (χ1) is 27.3. The molecular formula is C46H86NO8P. The monoisotopic (exact) mass is 812 g/mol. The van der Waals surface area contributed by atoms with Gasteiger partial charge in [0.15, 0.2) is 6.10 Å². The minimum atomic E-state index is -4.38. The van der Waals surface area contributed by atoms with Crippen LogP contribution in [0.4, 0.5) is 0 Å². The van der Waals surface area contributed by atoms with E-state index in [0.29, 0.717) is 12.8 Å². The molecule has 0 aromatic carbocycles. The van der Waals surface area contributed by atoms with Crippen LogP contribution in [-0.4, -0.2) is 49.3 Å². The molecule has 2 atom stereocenters. The summed E-state index contributed by atoms with van der Waals surface area (Å²) in [7, 11) is -4.38. The molecule has 0 rings (SSSR count). The van der Waals surface area contributed by atoms with E-state index < -0.39 is 32.5 Å². The van der Waals surface area contributed by atoms with Crippen molar-refractivity contribution in [1.82, 2.24) is 0 Å². The van der Waals surface area contributed by atoms with Crippen molar-refractivity contribution in [3.63, 3.8) is 0 Å². The molecule has 0 aromatic heterocycles. The maximum Gasteiger partial charge on any atom is 0.472 e. The predicted octanol–water partition coefficient (Wildman–Crippen LogP) is 13.3. The van der Waals surface area contributed by atoms with Gasteiger partial charge in [-0.3, -0.25) is 18.6 Å². The predicted molar refractivity (Wildman–Crippen MR) is 234 cm³/mol. The summed E-state index contributed by atoms with van der Waals surface area (Å²) in [6, 6.07) is 0. The van der Waals surface area contributed by atoms with Gasteiger partial charge in [0.2, 0.25) is 0 Å². The minimum Gasteiger partial charge on any atom is -0.462 e. The number of allylic oxidation sites excluding steroid dienone is 6. The van der Waals surface area contributed by atoms with Gasteiger partial charge in [-0.25, -0.2) is 4.57 Å². The SMILES string of the molecule is CCCCC/C=C/C/C=C/C/C=C/CCCCCCC(=O)OC[C@H](COP(=O)(O)OCCN)OC(=O)CCCCCCCCCCCCCCCCCCCC. The highest BCUT2D eigenvalue weighted by Gasteiger charge is 2.26. The third-order valence-electron chi connectivity index (χ3n) is 9.78. The Morgan fingerprint density at radius 1 is 0.536 bits per heavy atom. The van der Waals surface area contributed by atoms with Crippen LogP contribution in [0.1, 0.15) is 213 Å². The molecule has 3 N–H and O–H groups in total. The van der Waals surface area contributed by atoms with Crippen LogP contribution in [0, 0.1) is 0 Å². The normalized spacial score (nSPS) is 13.6. The van der Waals surface area contributed by atoms with Crippen molar-refractivity contribution < 1.29 is 37.6 Å². The highest BCUT2D eigenvalue weighted by molar-refractivity contribution is 7.47. The Morgan fingerprint density at radius 3 is 1.41 bits per heavy atom. The number of hydrogen-bond acceptors (Lipinski definition) is 8. The average molecular weight is 812 g/mol. The maximum absolute atomic E-state index is 12.6. The van der Waals surface area contributed by atoms with Crippen molar-refractivity contribution >= 4 is 19.8 Å². The summed E-state index contributed by atoms with van der Waals surface area (Å²) < 4.78 is 32.8. The van der Waals surface area contributed by atoms with Gasteiger partial charge in [-0.05, 0) is 51.4 Å². The van der Waals surface area contributed by atoms with Gasteiger partial charge in [-0.1, -0.05) is 185 Å². The van der Waals surface area contributed by atoms with Crippen molar-refractivity contribution in [2.45, 2.75) is 219 Å². The molecule has 1 unspecified atom stereocenters. The van der Waals surface area contributed by atoms with Crippen LogP contribution in [-0.2, 0) is 32.7 Å². The van der Waals surface area contributed by atoms with Crippen molar-refractivity contribution in [3.8, 4) is 0 Å². The number of unbranched alkanes of at least 4 members (excludes halogenated alkanes) is 24. The number of carbonyl (C=O) groups is 2. The molecule has 328 valence electrons. The lowest BCUT2D eigenvalue weighted by Crippen LogP contribution is -2.29. The van der Waals surface area contributed by atoms with Gasteiger partial charge < -0.3 is 20.1 Å². The zero-order chi connectivity index (χ0) is 41.1. The number of ether oxygens (including phenoxy) is 2. The summed E-state index contributed by atoms with van der Waals surface area (Å²) in [4.78, 5) is 34.9. The second kappa shape index (κ2) is 42.8. The van der Waals surface area contributed by atoms with Crippen LogP contribution >= 0.6 is 7.82 Å². The van der Waals surface area contributed by atoms with E-state index in [1.54, 1.807) is 0 Å². The number of nitrogens with two attached hydrogens (primary N) is 1. The number of rotatable bonds is 43. The third-order valence-corrected chi connectivity index (χ3v) is 10.8. The number of carbonyl (C=O) groups excluding carboxylic acids is 2. The zero-order valence-electron chi connectivity index (χ0n) is 36.1. The van der Waals surface area contributed by atoms with Crippen molar-refractivity contribution in [2.75, 3.05) is 26.4 Å². The fourth-order valence-corrected chi connectivity index (χ4v) is 7.11. The Balaban J connectivity index is 4.14. The molecule has 0 fully saturated rings. The Morgan fingerprint density at radius 2 is 0.929 bits per heavy atom. The van der Waals surface area contributed by atoms with Crippen molar-refractivity contribution in [3.05, 3.63) is 36.5 Å². The lowest BCUT2D eigenvalue weighted by Gasteiger charge is -2.19. The molecule has 0 aliphatic carbocycles. The molecule has 0 saturated carbocycles. The van der Waals surface area contributed by atoms with E-state index >= 15 is 0 Å². The molecule has 0 saturated heterocycles. The van der Waals surface area contributed by atoms with Crippen LogP contribution in [0.2, 0.25) is 0 Å². The summed E-state index contributed by atoms with van der Waals surface area (Å²) in [5.41, 5.74) is 5.35. The Hall–Kier alpha value is -1.77. The molecule has 56 heavy (non-hydrogen) atoms. The molecule has 0 bridgehead atoms. The van der Waals surface area contributed by atoms with Crippen molar-refractivity contribution in [2.24, 2.45) is 5.73 Å². The van der Waals surface area contributed by atoms with Gasteiger partial charge in [-0.2, -0.15) is 0 Å². The molecule has 0 spiro atoms. The number of esters is 2. The third kappa shape index (κ3) is 41.9. The summed E-state index contributed by atoms with van der Waals surface area (Å²) >= 11 is 0. The first kappa shape index (κ1) is 54.2. The molecular weight excluding hydrogens is 725 g/mol. The minimum absolute atomic E-state index is 0.0508. The van der Waals surface area contributed by atoms with Gasteiger partial charge in [0.25, 0.3) is 0 Å². The standard InChI is InChI=1S/C46H86NO8P/c1-3-5-7-9-11-13-15-17-19-21-23-25-27-29-31-33-35-37-39-46(49)55-44(43-54-56(50,51)53-41-40-47)42-52-45(48)38-36-34-32-30-28-26-24-22-20-18-16-14-12-10-8-6-4-2/h12,14,18,20,24,26,44H,3-11,13,15-17,19,21-23,25,27-43,47H2,1-2H3,(H,50,51)/b14-12+,20-18+,26-24+/t44-/m1/s1. The first-order valence-electron chi connectivity index (χ1n) is 23.0.